The van der Waals surface area contributed by atoms with Gasteiger partial charge in [0.05, 0.1) is 19.1 Å². The molecule has 1 atom stereocenters. The molecule has 0 aliphatic heterocycles. The SMILES string of the molecule is COc1ccc(CNC(=O)[C@H](C)NC(=O)c2cccc([N+](=O)[O-])c2)cc1OC. The molecule has 2 aromatic rings. The lowest BCUT2D eigenvalue weighted by Gasteiger charge is -2.15. The fourth-order valence-electron chi connectivity index (χ4n) is 2.44. The molecule has 2 amide bonds. The number of carbonyl (C=O) groups is 2. The van der Waals surface area contributed by atoms with Crippen molar-refractivity contribution in [1.82, 2.24) is 10.6 Å². The van der Waals surface area contributed by atoms with E-state index in [9.17, 15) is 19.7 Å². The molecule has 0 aliphatic rings. The first-order valence-electron chi connectivity index (χ1n) is 8.39. The molecule has 9 heteroatoms. The Morgan fingerprint density at radius 2 is 1.82 bits per heavy atom. The number of ether oxygens (including phenoxy) is 2. The van der Waals surface area contributed by atoms with E-state index >= 15 is 0 Å². The molecule has 2 N–H and O–H groups in total. The predicted octanol–water partition coefficient (Wildman–Crippen LogP) is 2.05. The number of nitro benzene ring substituents is 1. The van der Waals surface area contributed by atoms with Gasteiger partial charge >= 0.3 is 0 Å². The number of hydrogen-bond acceptors (Lipinski definition) is 6. The Bertz CT molecular complexity index is 884. The predicted molar refractivity (Wildman–Crippen MR) is 101 cm³/mol. The topological polar surface area (TPSA) is 120 Å². The Morgan fingerprint density at radius 3 is 2.46 bits per heavy atom. The van der Waals surface area contributed by atoms with Crippen molar-refractivity contribution in [3.8, 4) is 11.5 Å². The van der Waals surface area contributed by atoms with E-state index in [-0.39, 0.29) is 17.8 Å². The molecule has 0 spiro atoms. The van der Waals surface area contributed by atoms with Gasteiger partial charge in [-0.15, -0.1) is 0 Å². The Balaban J connectivity index is 1.95. The van der Waals surface area contributed by atoms with Crippen molar-refractivity contribution < 1.29 is 24.0 Å². The highest BCUT2D eigenvalue weighted by molar-refractivity contribution is 5.97. The van der Waals surface area contributed by atoms with Crippen LogP contribution in [-0.2, 0) is 11.3 Å². The number of rotatable bonds is 8. The number of hydrogen-bond donors (Lipinski definition) is 2. The number of carbonyl (C=O) groups excluding carboxylic acids is 2. The second-order valence-electron chi connectivity index (χ2n) is 5.91. The Kier molecular flexibility index (Phi) is 6.91. The van der Waals surface area contributed by atoms with Crippen molar-refractivity contribution in [1.29, 1.82) is 0 Å². The van der Waals surface area contributed by atoms with Gasteiger partial charge in [0, 0.05) is 24.2 Å². The summed E-state index contributed by atoms with van der Waals surface area (Å²) in [5, 5.41) is 16.0. The first kappa shape index (κ1) is 20.7. The van der Waals surface area contributed by atoms with E-state index in [4.69, 9.17) is 9.47 Å². The summed E-state index contributed by atoms with van der Waals surface area (Å²) in [5.74, 6) is 0.155. The highest BCUT2D eigenvalue weighted by Crippen LogP contribution is 2.27. The van der Waals surface area contributed by atoms with Crippen LogP contribution in [0.1, 0.15) is 22.8 Å². The second-order valence-corrected chi connectivity index (χ2v) is 5.91. The quantitative estimate of drug-likeness (QED) is 0.528. The lowest BCUT2D eigenvalue weighted by molar-refractivity contribution is -0.384. The molecule has 0 saturated heterocycles. The number of nitrogens with zero attached hydrogens (tertiary/aromatic N) is 1. The normalized spacial score (nSPS) is 11.2. The molecule has 2 rings (SSSR count). The van der Waals surface area contributed by atoms with Crippen LogP contribution in [0.2, 0.25) is 0 Å². The Morgan fingerprint density at radius 1 is 1.11 bits per heavy atom. The van der Waals surface area contributed by atoms with Crippen LogP contribution in [0.25, 0.3) is 0 Å². The van der Waals surface area contributed by atoms with E-state index in [0.29, 0.717) is 11.5 Å². The first-order valence-corrected chi connectivity index (χ1v) is 8.39. The van der Waals surface area contributed by atoms with Crippen LogP contribution < -0.4 is 20.1 Å². The monoisotopic (exact) mass is 387 g/mol. The number of nitro groups is 1. The highest BCUT2D eigenvalue weighted by atomic mass is 16.6. The Labute approximate surface area is 161 Å². The molecular weight excluding hydrogens is 366 g/mol. The summed E-state index contributed by atoms with van der Waals surface area (Å²) >= 11 is 0. The molecule has 0 aromatic heterocycles. The average molecular weight is 387 g/mol. The van der Waals surface area contributed by atoms with Crippen molar-refractivity contribution >= 4 is 17.5 Å². The zero-order valence-electron chi connectivity index (χ0n) is 15.7. The average Bonchev–Trinajstić information content (AvgIpc) is 2.71. The van der Waals surface area contributed by atoms with Gasteiger partial charge in [-0.1, -0.05) is 12.1 Å². The minimum Gasteiger partial charge on any atom is -0.493 e. The maximum atomic E-state index is 12.2. The number of methoxy groups -OCH3 is 2. The molecular formula is C19H21N3O6. The molecule has 0 saturated carbocycles. The summed E-state index contributed by atoms with van der Waals surface area (Å²) in [7, 11) is 3.05. The van der Waals surface area contributed by atoms with Crippen molar-refractivity contribution in [3.05, 3.63) is 63.7 Å². The number of nitrogens with one attached hydrogen (secondary N) is 2. The molecule has 0 radical (unpaired) electrons. The van der Waals surface area contributed by atoms with Crippen LogP contribution in [0, 0.1) is 10.1 Å². The van der Waals surface area contributed by atoms with Crippen molar-refractivity contribution in [2.75, 3.05) is 14.2 Å². The number of amides is 2. The van der Waals surface area contributed by atoms with E-state index in [0.717, 1.165) is 11.6 Å². The van der Waals surface area contributed by atoms with Gasteiger partial charge < -0.3 is 20.1 Å². The van der Waals surface area contributed by atoms with Crippen LogP contribution in [0.3, 0.4) is 0 Å². The van der Waals surface area contributed by atoms with Crippen molar-refractivity contribution in [2.45, 2.75) is 19.5 Å². The van der Waals surface area contributed by atoms with Crippen LogP contribution in [-0.4, -0.2) is 37.0 Å². The summed E-state index contributed by atoms with van der Waals surface area (Å²) in [4.78, 5) is 34.7. The zero-order valence-corrected chi connectivity index (χ0v) is 15.7. The molecule has 2 aromatic carbocycles. The molecule has 0 unspecified atom stereocenters. The van der Waals surface area contributed by atoms with Gasteiger partial charge in [-0.3, -0.25) is 19.7 Å². The molecule has 0 heterocycles. The third-order valence-electron chi connectivity index (χ3n) is 3.97. The van der Waals surface area contributed by atoms with Crippen LogP contribution in [0.15, 0.2) is 42.5 Å². The third kappa shape index (κ3) is 5.19. The lowest BCUT2D eigenvalue weighted by Crippen LogP contribution is -2.44. The number of benzene rings is 2. The highest BCUT2D eigenvalue weighted by Gasteiger charge is 2.18. The minimum atomic E-state index is -0.827. The Hall–Kier alpha value is -3.62. The second kappa shape index (κ2) is 9.36. The standard InChI is InChI=1S/C19H21N3O6/c1-12(21-19(24)14-5-4-6-15(10-14)22(25)26)18(23)20-11-13-7-8-16(27-2)17(9-13)28-3/h4-10,12H,11H2,1-3H3,(H,20,23)(H,21,24)/t12-/m0/s1. The van der Waals surface area contributed by atoms with Gasteiger partial charge in [0.1, 0.15) is 6.04 Å². The fraction of sp³-hybridized carbons (Fsp3) is 0.263. The summed E-state index contributed by atoms with van der Waals surface area (Å²) in [6.07, 6.45) is 0. The van der Waals surface area contributed by atoms with Gasteiger partial charge in [-0.2, -0.15) is 0 Å². The smallest absolute Gasteiger partial charge is 0.270 e. The van der Waals surface area contributed by atoms with Crippen LogP contribution in [0.4, 0.5) is 5.69 Å². The van der Waals surface area contributed by atoms with E-state index in [1.807, 2.05) is 0 Å². The molecule has 9 nitrogen and oxygen atoms in total. The molecule has 28 heavy (non-hydrogen) atoms. The summed E-state index contributed by atoms with van der Waals surface area (Å²) in [6, 6.07) is 9.73. The van der Waals surface area contributed by atoms with Gasteiger partial charge in [-0.25, -0.2) is 0 Å². The van der Waals surface area contributed by atoms with Crippen molar-refractivity contribution in [2.24, 2.45) is 0 Å². The van der Waals surface area contributed by atoms with Crippen molar-refractivity contribution in [3.63, 3.8) is 0 Å². The van der Waals surface area contributed by atoms with Crippen LogP contribution >= 0.6 is 0 Å². The van der Waals surface area contributed by atoms with E-state index in [2.05, 4.69) is 10.6 Å². The molecule has 0 aliphatic carbocycles. The summed E-state index contributed by atoms with van der Waals surface area (Å²) < 4.78 is 10.4. The largest absolute Gasteiger partial charge is 0.493 e. The summed E-state index contributed by atoms with van der Waals surface area (Å²) in [5.41, 5.74) is 0.704. The maximum Gasteiger partial charge on any atom is 0.270 e. The van der Waals surface area contributed by atoms with E-state index in [1.165, 1.54) is 39.3 Å². The molecule has 148 valence electrons. The van der Waals surface area contributed by atoms with Gasteiger partial charge in [0.15, 0.2) is 11.5 Å². The minimum absolute atomic E-state index is 0.105. The van der Waals surface area contributed by atoms with Gasteiger partial charge in [0.25, 0.3) is 11.6 Å². The maximum absolute atomic E-state index is 12.2. The van der Waals surface area contributed by atoms with E-state index in [1.54, 1.807) is 18.2 Å². The third-order valence-corrected chi connectivity index (χ3v) is 3.97. The zero-order chi connectivity index (χ0) is 20.7. The molecule has 0 bridgehead atoms. The number of non-ortho nitro benzene ring substituents is 1. The van der Waals surface area contributed by atoms with Gasteiger partial charge in [-0.05, 0) is 30.7 Å². The van der Waals surface area contributed by atoms with Crippen LogP contribution in [0.5, 0.6) is 11.5 Å². The lowest BCUT2D eigenvalue weighted by atomic mass is 10.1. The van der Waals surface area contributed by atoms with Gasteiger partial charge in [0.2, 0.25) is 5.91 Å². The fourth-order valence-corrected chi connectivity index (χ4v) is 2.44. The molecule has 0 fully saturated rings. The summed E-state index contributed by atoms with van der Waals surface area (Å²) in [6.45, 7) is 1.76. The van der Waals surface area contributed by atoms with E-state index < -0.39 is 22.8 Å². The first-order chi connectivity index (χ1) is 13.3.